The summed E-state index contributed by atoms with van der Waals surface area (Å²) in [5.74, 6) is 2.51. The molecule has 0 fully saturated rings. The van der Waals surface area contributed by atoms with E-state index in [1.54, 1.807) is 0 Å². The van der Waals surface area contributed by atoms with Crippen molar-refractivity contribution in [3.63, 3.8) is 0 Å². The van der Waals surface area contributed by atoms with Gasteiger partial charge in [0.05, 0.1) is 22.4 Å². The van der Waals surface area contributed by atoms with Crippen LogP contribution >= 0.6 is 95.6 Å². The molecule has 3 rings (SSSR count). The minimum atomic E-state index is 0.609. The molecule has 2 aromatic rings. The zero-order valence-electron chi connectivity index (χ0n) is 9.24. The SMILES string of the molecule is Brc1ccc2c(c1Br)Oc1c(Br)c(Br)c(Br)c(Br)c1O2. The molecule has 1 aliphatic heterocycles. The van der Waals surface area contributed by atoms with Gasteiger partial charge in [-0.15, -0.1) is 0 Å². The van der Waals surface area contributed by atoms with Crippen LogP contribution in [0.5, 0.6) is 23.0 Å². The first-order valence-corrected chi connectivity index (χ1v) is 9.87. The molecule has 8 heteroatoms. The van der Waals surface area contributed by atoms with Crippen LogP contribution in [0.4, 0.5) is 0 Å². The van der Waals surface area contributed by atoms with Gasteiger partial charge in [0.15, 0.2) is 23.0 Å². The standard InChI is InChI=1S/C12H2Br6O2/c13-3-1-2-4-10(5(3)14)20-12-9(18)7(16)6(15)8(17)11(12)19-4/h1-2H. The van der Waals surface area contributed by atoms with Gasteiger partial charge < -0.3 is 9.47 Å². The van der Waals surface area contributed by atoms with Crippen LogP contribution in [0, 0.1) is 0 Å². The molecular formula is C12H2Br6O2. The van der Waals surface area contributed by atoms with Gasteiger partial charge in [-0.25, -0.2) is 0 Å². The highest BCUT2D eigenvalue weighted by Crippen LogP contribution is 2.58. The average Bonchev–Trinajstić information content (AvgIpc) is 2.45. The van der Waals surface area contributed by atoms with Crippen LogP contribution < -0.4 is 9.47 Å². The van der Waals surface area contributed by atoms with Crippen molar-refractivity contribution >= 4 is 95.6 Å². The molecule has 104 valence electrons. The van der Waals surface area contributed by atoms with Gasteiger partial charge in [0.1, 0.15) is 0 Å². The van der Waals surface area contributed by atoms with E-state index in [1.165, 1.54) is 0 Å². The van der Waals surface area contributed by atoms with Crippen molar-refractivity contribution in [1.29, 1.82) is 0 Å². The number of benzene rings is 2. The normalized spacial score (nSPS) is 12.3. The molecule has 2 nitrogen and oxygen atoms in total. The summed E-state index contributed by atoms with van der Waals surface area (Å²) in [7, 11) is 0. The van der Waals surface area contributed by atoms with Gasteiger partial charge in [-0.05, 0) is 108 Å². The molecule has 0 saturated heterocycles. The Kier molecular flexibility index (Phi) is 4.62. The zero-order valence-corrected chi connectivity index (χ0v) is 18.8. The molecule has 2 aromatic carbocycles. The summed E-state index contributed by atoms with van der Waals surface area (Å²) in [4.78, 5) is 0. The Morgan fingerprint density at radius 1 is 0.550 bits per heavy atom. The second kappa shape index (κ2) is 5.85. The first-order chi connectivity index (χ1) is 9.41. The van der Waals surface area contributed by atoms with Crippen LogP contribution in [0.25, 0.3) is 0 Å². The molecule has 0 aromatic heterocycles. The van der Waals surface area contributed by atoms with E-state index in [-0.39, 0.29) is 0 Å². The lowest BCUT2D eigenvalue weighted by Crippen LogP contribution is -2.02. The Morgan fingerprint density at radius 2 is 1.10 bits per heavy atom. The van der Waals surface area contributed by atoms with Crippen molar-refractivity contribution < 1.29 is 9.47 Å². The number of fused-ring (bicyclic) bond motifs is 2. The maximum Gasteiger partial charge on any atom is 0.186 e. The van der Waals surface area contributed by atoms with Gasteiger partial charge in [-0.1, -0.05) is 0 Å². The predicted octanol–water partition coefficient (Wildman–Crippen LogP) is 8.16. The molecule has 0 saturated carbocycles. The van der Waals surface area contributed by atoms with E-state index >= 15 is 0 Å². The molecule has 0 unspecified atom stereocenters. The second-order valence-corrected chi connectivity index (χ2v) is 8.63. The fourth-order valence-electron chi connectivity index (χ4n) is 1.68. The van der Waals surface area contributed by atoms with E-state index in [2.05, 4.69) is 95.6 Å². The molecule has 0 N–H and O–H groups in total. The molecule has 0 radical (unpaired) electrons. The number of hydrogen-bond donors (Lipinski definition) is 0. The van der Waals surface area contributed by atoms with Gasteiger partial charge in [0.25, 0.3) is 0 Å². The first-order valence-electron chi connectivity index (χ1n) is 5.11. The van der Waals surface area contributed by atoms with E-state index in [4.69, 9.17) is 9.47 Å². The molecule has 0 amide bonds. The summed E-state index contributed by atoms with van der Waals surface area (Å²) in [5, 5.41) is 0. The highest BCUT2D eigenvalue weighted by molar-refractivity contribution is 9.15. The van der Waals surface area contributed by atoms with E-state index in [9.17, 15) is 0 Å². The number of halogens is 6. The van der Waals surface area contributed by atoms with Gasteiger partial charge in [0.2, 0.25) is 0 Å². The second-order valence-electron chi connectivity index (χ2n) is 3.81. The average molecular weight is 658 g/mol. The summed E-state index contributed by atoms with van der Waals surface area (Å²) in [5.41, 5.74) is 0. The largest absolute Gasteiger partial charge is 0.448 e. The maximum absolute atomic E-state index is 6.01. The molecule has 0 atom stereocenters. The zero-order chi connectivity index (χ0) is 14.6. The van der Waals surface area contributed by atoms with Crippen molar-refractivity contribution in [3.05, 3.63) is 39.0 Å². The fourth-order valence-corrected chi connectivity index (χ4v) is 4.60. The van der Waals surface area contributed by atoms with Crippen LogP contribution in [0.2, 0.25) is 0 Å². The smallest absolute Gasteiger partial charge is 0.186 e. The van der Waals surface area contributed by atoms with Gasteiger partial charge >= 0.3 is 0 Å². The lowest BCUT2D eigenvalue weighted by molar-refractivity contribution is 0.353. The van der Waals surface area contributed by atoms with E-state index in [1.807, 2.05) is 12.1 Å². The Balaban J connectivity index is 2.26. The quantitative estimate of drug-likeness (QED) is 0.180. The summed E-state index contributed by atoms with van der Waals surface area (Å²) >= 11 is 21.0. The molecule has 0 spiro atoms. The van der Waals surface area contributed by atoms with Crippen molar-refractivity contribution in [2.45, 2.75) is 0 Å². The molecule has 0 aliphatic carbocycles. The Hall–Kier alpha value is 0.920. The maximum atomic E-state index is 6.01. The minimum absolute atomic E-state index is 0.609. The number of ether oxygens (including phenoxy) is 2. The van der Waals surface area contributed by atoms with Gasteiger partial charge in [-0.3, -0.25) is 0 Å². The number of rotatable bonds is 0. The lowest BCUT2D eigenvalue weighted by atomic mass is 10.2. The molecule has 20 heavy (non-hydrogen) atoms. The third-order valence-electron chi connectivity index (χ3n) is 2.61. The van der Waals surface area contributed by atoms with Crippen molar-refractivity contribution in [2.24, 2.45) is 0 Å². The molecule has 0 bridgehead atoms. The summed E-state index contributed by atoms with van der Waals surface area (Å²) in [6.07, 6.45) is 0. The molecule has 1 aliphatic rings. The monoisotopic (exact) mass is 652 g/mol. The summed E-state index contributed by atoms with van der Waals surface area (Å²) in [6.45, 7) is 0. The van der Waals surface area contributed by atoms with E-state index < -0.39 is 0 Å². The van der Waals surface area contributed by atoms with Crippen LogP contribution in [0.1, 0.15) is 0 Å². The van der Waals surface area contributed by atoms with Crippen LogP contribution in [-0.2, 0) is 0 Å². The topological polar surface area (TPSA) is 18.5 Å². The molecular weight excluding hydrogens is 656 g/mol. The summed E-state index contributed by atoms with van der Waals surface area (Å²) in [6, 6.07) is 3.75. The highest BCUT2D eigenvalue weighted by Gasteiger charge is 2.29. The third kappa shape index (κ3) is 2.44. The summed E-state index contributed by atoms with van der Waals surface area (Å²) < 4.78 is 16.9. The Labute approximate surface area is 165 Å². The minimum Gasteiger partial charge on any atom is -0.448 e. The van der Waals surface area contributed by atoms with Crippen LogP contribution in [-0.4, -0.2) is 0 Å². The van der Waals surface area contributed by atoms with Crippen LogP contribution in [0.15, 0.2) is 39.0 Å². The first kappa shape index (κ1) is 15.8. The van der Waals surface area contributed by atoms with Gasteiger partial charge in [0, 0.05) is 4.47 Å². The third-order valence-corrected chi connectivity index (χ3v) is 9.29. The van der Waals surface area contributed by atoms with E-state index in [0.717, 1.165) is 26.8 Å². The predicted molar refractivity (Wildman–Crippen MR) is 99.2 cm³/mol. The lowest BCUT2D eigenvalue weighted by Gasteiger charge is -2.25. The van der Waals surface area contributed by atoms with Crippen molar-refractivity contribution in [2.75, 3.05) is 0 Å². The van der Waals surface area contributed by atoms with Gasteiger partial charge in [-0.2, -0.15) is 0 Å². The van der Waals surface area contributed by atoms with Crippen molar-refractivity contribution in [3.8, 4) is 23.0 Å². The highest BCUT2D eigenvalue weighted by atomic mass is 79.9. The Bertz CT molecular complexity index is 744. The van der Waals surface area contributed by atoms with E-state index in [0.29, 0.717) is 23.0 Å². The van der Waals surface area contributed by atoms with Crippen molar-refractivity contribution in [1.82, 2.24) is 0 Å². The fraction of sp³-hybridized carbons (Fsp3) is 0. The Morgan fingerprint density at radius 3 is 1.70 bits per heavy atom. The van der Waals surface area contributed by atoms with Crippen LogP contribution in [0.3, 0.4) is 0 Å². The number of hydrogen-bond acceptors (Lipinski definition) is 2. The molecule has 1 heterocycles.